The SMILES string of the molecule is Cc1nn(C)c(C)c1C(C)NC(=O)NC(C)c1ccccn1. The Balaban J connectivity index is 2.00. The number of nitrogens with one attached hydrogen (secondary N) is 2. The van der Waals surface area contributed by atoms with Gasteiger partial charge in [0.2, 0.25) is 0 Å². The van der Waals surface area contributed by atoms with Crippen molar-refractivity contribution in [2.24, 2.45) is 7.05 Å². The van der Waals surface area contributed by atoms with E-state index in [1.807, 2.05) is 57.6 Å². The van der Waals surface area contributed by atoms with Crippen LogP contribution in [-0.4, -0.2) is 20.8 Å². The molecule has 2 rings (SSSR count). The van der Waals surface area contributed by atoms with Crippen molar-refractivity contribution in [3.8, 4) is 0 Å². The molecule has 0 aliphatic heterocycles. The molecule has 0 aliphatic carbocycles. The van der Waals surface area contributed by atoms with E-state index >= 15 is 0 Å². The summed E-state index contributed by atoms with van der Waals surface area (Å²) in [6, 6.07) is 5.18. The van der Waals surface area contributed by atoms with Crippen molar-refractivity contribution in [2.45, 2.75) is 39.8 Å². The summed E-state index contributed by atoms with van der Waals surface area (Å²) in [6.07, 6.45) is 1.72. The second-order valence-electron chi connectivity index (χ2n) is 5.52. The van der Waals surface area contributed by atoms with Gasteiger partial charge in [0.15, 0.2) is 0 Å². The van der Waals surface area contributed by atoms with Gasteiger partial charge in [0.05, 0.1) is 23.5 Å². The van der Waals surface area contributed by atoms with Crippen LogP contribution in [0.25, 0.3) is 0 Å². The zero-order valence-corrected chi connectivity index (χ0v) is 13.7. The predicted octanol–water partition coefficient (Wildman–Crippen LogP) is 2.55. The highest BCUT2D eigenvalue weighted by Crippen LogP contribution is 2.20. The van der Waals surface area contributed by atoms with Crippen LogP contribution >= 0.6 is 0 Å². The lowest BCUT2D eigenvalue weighted by atomic mass is 10.1. The maximum absolute atomic E-state index is 12.2. The highest BCUT2D eigenvalue weighted by Gasteiger charge is 2.19. The van der Waals surface area contributed by atoms with Crippen molar-refractivity contribution in [3.05, 3.63) is 47.0 Å². The highest BCUT2D eigenvalue weighted by atomic mass is 16.2. The summed E-state index contributed by atoms with van der Waals surface area (Å²) >= 11 is 0. The molecule has 0 fully saturated rings. The topological polar surface area (TPSA) is 71.8 Å². The molecule has 0 bridgehead atoms. The molecule has 0 saturated carbocycles. The van der Waals surface area contributed by atoms with Gasteiger partial charge >= 0.3 is 6.03 Å². The van der Waals surface area contributed by atoms with E-state index in [0.29, 0.717) is 0 Å². The molecule has 22 heavy (non-hydrogen) atoms. The van der Waals surface area contributed by atoms with Gasteiger partial charge in [0, 0.05) is 24.5 Å². The van der Waals surface area contributed by atoms with E-state index in [9.17, 15) is 4.79 Å². The van der Waals surface area contributed by atoms with Crippen molar-refractivity contribution < 1.29 is 4.79 Å². The van der Waals surface area contributed by atoms with Crippen LogP contribution in [0.2, 0.25) is 0 Å². The average Bonchev–Trinajstić information content (AvgIpc) is 2.72. The average molecular weight is 301 g/mol. The Morgan fingerprint density at radius 3 is 2.41 bits per heavy atom. The van der Waals surface area contributed by atoms with Gasteiger partial charge in [-0.25, -0.2) is 4.79 Å². The quantitative estimate of drug-likeness (QED) is 0.911. The Morgan fingerprint density at radius 1 is 1.18 bits per heavy atom. The summed E-state index contributed by atoms with van der Waals surface area (Å²) < 4.78 is 1.83. The van der Waals surface area contributed by atoms with E-state index in [0.717, 1.165) is 22.6 Å². The normalized spacial score (nSPS) is 13.5. The van der Waals surface area contributed by atoms with Crippen LogP contribution in [0.4, 0.5) is 4.79 Å². The Morgan fingerprint density at radius 2 is 1.86 bits per heavy atom. The van der Waals surface area contributed by atoms with Crippen LogP contribution < -0.4 is 10.6 Å². The standard InChI is InChI=1S/C16H23N5O/c1-10(14-8-6-7-9-17-14)18-16(22)19-11(2)15-12(3)20-21(5)13(15)4/h6-11H,1-5H3,(H2,18,19,22). The zero-order valence-electron chi connectivity index (χ0n) is 13.7. The lowest BCUT2D eigenvalue weighted by molar-refractivity contribution is 0.234. The van der Waals surface area contributed by atoms with E-state index < -0.39 is 0 Å². The minimum atomic E-state index is -0.215. The van der Waals surface area contributed by atoms with Crippen LogP contribution in [0.15, 0.2) is 24.4 Å². The summed E-state index contributed by atoms with van der Waals surface area (Å²) in [6.45, 7) is 7.83. The van der Waals surface area contributed by atoms with Crippen LogP contribution in [0.5, 0.6) is 0 Å². The zero-order chi connectivity index (χ0) is 16.3. The van der Waals surface area contributed by atoms with Crippen molar-refractivity contribution >= 4 is 6.03 Å². The van der Waals surface area contributed by atoms with E-state index in [4.69, 9.17) is 0 Å². The Labute approximate surface area is 130 Å². The van der Waals surface area contributed by atoms with Crippen LogP contribution in [0.1, 0.15) is 48.6 Å². The molecule has 0 radical (unpaired) electrons. The number of aryl methyl sites for hydroxylation is 2. The van der Waals surface area contributed by atoms with Crippen molar-refractivity contribution in [3.63, 3.8) is 0 Å². The summed E-state index contributed by atoms with van der Waals surface area (Å²) in [5, 5.41) is 10.2. The number of amides is 2. The first-order valence-corrected chi connectivity index (χ1v) is 7.38. The largest absolute Gasteiger partial charge is 0.331 e. The number of carbonyl (C=O) groups is 1. The second kappa shape index (κ2) is 6.60. The molecule has 2 amide bonds. The van der Waals surface area contributed by atoms with Crippen molar-refractivity contribution in [1.82, 2.24) is 25.4 Å². The molecule has 2 unspecified atom stereocenters. The van der Waals surface area contributed by atoms with Gasteiger partial charge in [0.1, 0.15) is 0 Å². The van der Waals surface area contributed by atoms with Crippen LogP contribution in [-0.2, 0) is 7.05 Å². The van der Waals surface area contributed by atoms with Crippen LogP contribution in [0, 0.1) is 13.8 Å². The molecule has 118 valence electrons. The first kappa shape index (κ1) is 16.0. The molecular formula is C16H23N5O. The van der Waals surface area contributed by atoms with Gasteiger partial charge in [-0.1, -0.05) is 6.07 Å². The van der Waals surface area contributed by atoms with E-state index in [1.165, 1.54) is 0 Å². The van der Waals surface area contributed by atoms with E-state index in [2.05, 4.69) is 20.7 Å². The Kier molecular flexibility index (Phi) is 4.80. The van der Waals surface area contributed by atoms with Gasteiger partial charge in [-0.3, -0.25) is 9.67 Å². The summed E-state index contributed by atoms with van der Waals surface area (Å²) in [5.41, 5.74) is 3.89. The van der Waals surface area contributed by atoms with Gasteiger partial charge in [-0.15, -0.1) is 0 Å². The third kappa shape index (κ3) is 3.44. The molecule has 0 aliphatic rings. The minimum Gasteiger partial charge on any atom is -0.331 e. The molecule has 2 atom stereocenters. The molecular weight excluding hydrogens is 278 g/mol. The molecule has 2 heterocycles. The smallest absolute Gasteiger partial charge is 0.315 e. The number of pyridine rings is 1. The molecule has 6 heteroatoms. The first-order valence-electron chi connectivity index (χ1n) is 7.38. The lowest BCUT2D eigenvalue weighted by Crippen LogP contribution is -2.38. The fraction of sp³-hybridized carbons (Fsp3) is 0.438. The molecule has 0 aromatic carbocycles. The minimum absolute atomic E-state index is 0.107. The molecule has 2 aromatic heterocycles. The molecule has 2 N–H and O–H groups in total. The summed E-state index contributed by atoms with van der Waals surface area (Å²) in [4.78, 5) is 16.4. The maximum atomic E-state index is 12.2. The number of rotatable bonds is 4. The lowest BCUT2D eigenvalue weighted by Gasteiger charge is -2.18. The second-order valence-corrected chi connectivity index (χ2v) is 5.52. The predicted molar refractivity (Wildman–Crippen MR) is 85.4 cm³/mol. The van der Waals surface area contributed by atoms with E-state index in [1.54, 1.807) is 6.20 Å². The molecule has 0 spiro atoms. The van der Waals surface area contributed by atoms with Gasteiger partial charge in [-0.2, -0.15) is 5.10 Å². The summed E-state index contributed by atoms with van der Waals surface area (Å²) in [7, 11) is 1.90. The number of aromatic nitrogens is 3. The number of carbonyl (C=O) groups excluding carboxylic acids is 1. The third-order valence-electron chi connectivity index (χ3n) is 3.82. The van der Waals surface area contributed by atoms with Gasteiger partial charge in [-0.05, 0) is 39.8 Å². The summed E-state index contributed by atoms with van der Waals surface area (Å²) in [5.74, 6) is 0. The van der Waals surface area contributed by atoms with Crippen molar-refractivity contribution in [1.29, 1.82) is 0 Å². The van der Waals surface area contributed by atoms with E-state index in [-0.39, 0.29) is 18.1 Å². The molecule has 0 saturated heterocycles. The highest BCUT2D eigenvalue weighted by molar-refractivity contribution is 5.75. The maximum Gasteiger partial charge on any atom is 0.315 e. The van der Waals surface area contributed by atoms with Gasteiger partial charge in [0.25, 0.3) is 0 Å². The number of urea groups is 1. The Hall–Kier alpha value is -2.37. The fourth-order valence-corrected chi connectivity index (χ4v) is 2.63. The van der Waals surface area contributed by atoms with Crippen molar-refractivity contribution in [2.75, 3.05) is 0 Å². The molecule has 6 nitrogen and oxygen atoms in total. The van der Waals surface area contributed by atoms with Crippen LogP contribution in [0.3, 0.4) is 0 Å². The number of hydrogen-bond donors (Lipinski definition) is 2. The number of nitrogens with zero attached hydrogens (tertiary/aromatic N) is 3. The first-order chi connectivity index (χ1) is 10.4. The fourth-order valence-electron chi connectivity index (χ4n) is 2.63. The van der Waals surface area contributed by atoms with Gasteiger partial charge < -0.3 is 10.6 Å². The Bertz CT molecular complexity index is 650. The monoisotopic (exact) mass is 301 g/mol. The number of hydrogen-bond acceptors (Lipinski definition) is 3. The molecule has 2 aromatic rings. The third-order valence-corrected chi connectivity index (χ3v) is 3.82.